The summed E-state index contributed by atoms with van der Waals surface area (Å²) in [4.78, 5) is 39.0. The van der Waals surface area contributed by atoms with E-state index in [9.17, 15) is 14.4 Å². The van der Waals surface area contributed by atoms with E-state index < -0.39 is 23.9 Å². The Kier molecular flexibility index (Phi) is 4.89. The van der Waals surface area contributed by atoms with E-state index in [0.29, 0.717) is 5.03 Å². The van der Waals surface area contributed by atoms with Crippen molar-refractivity contribution in [2.24, 2.45) is 5.92 Å². The second-order valence-corrected chi connectivity index (χ2v) is 6.89. The van der Waals surface area contributed by atoms with Crippen molar-refractivity contribution < 1.29 is 14.7 Å². The van der Waals surface area contributed by atoms with Crippen LogP contribution in [0.1, 0.15) is 36.0 Å². The Balaban J connectivity index is 1.81. The Bertz CT molecular complexity index is 824. The predicted octanol–water partition coefficient (Wildman–Crippen LogP) is 1.12. The van der Waals surface area contributed by atoms with E-state index in [2.05, 4.69) is 15.4 Å². The number of amides is 1. The van der Waals surface area contributed by atoms with Crippen LogP contribution in [0.2, 0.25) is 0 Å². The van der Waals surface area contributed by atoms with Crippen molar-refractivity contribution in [2.75, 3.05) is 12.3 Å². The molecule has 1 aliphatic carbocycles. The van der Waals surface area contributed by atoms with Gasteiger partial charge in [0.1, 0.15) is 23.5 Å². The summed E-state index contributed by atoms with van der Waals surface area (Å²) in [5, 5.41) is 14.4. The quantitative estimate of drug-likeness (QED) is 0.644. The van der Waals surface area contributed by atoms with Crippen molar-refractivity contribution in [1.29, 1.82) is 0 Å². The van der Waals surface area contributed by atoms with Crippen LogP contribution in [-0.2, 0) is 4.79 Å². The molecule has 0 atom stereocenters. The number of carboxylic acids is 1. The molecule has 1 amide bonds. The van der Waals surface area contributed by atoms with Gasteiger partial charge in [-0.1, -0.05) is 19.3 Å². The molecule has 0 aromatic carbocycles. The highest BCUT2D eigenvalue weighted by atomic mass is 32.2. The van der Waals surface area contributed by atoms with Gasteiger partial charge in [0.15, 0.2) is 11.1 Å². The first kappa shape index (κ1) is 16.6. The molecule has 128 valence electrons. The van der Waals surface area contributed by atoms with E-state index in [0.717, 1.165) is 18.1 Å². The van der Waals surface area contributed by atoms with E-state index in [-0.39, 0.29) is 11.2 Å². The normalized spacial score (nSPS) is 14.5. The predicted molar refractivity (Wildman–Crippen MR) is 88.5 cm³/mol. The van der Waals surface area contributed by atoms with Gasteiger partial charge in [-0.25, -0.2) is 9.50 Å². The Morgan fingerprint density at radius 1 is 1.46 bits per heavy atom. The number of H-pyrrole nitrogens is 1. The van der Waals surface area contributed by atoms with Gasteiger partial charge in [0.05, 0.1) is 0 Å². The zero-order valence-electron chi connectivity index (χ0n) is 12.9. The summed E-state index contributed by atoms with van der Waals surface area (Å²) in [6.07, 6.45) is 6.37. The first-order valence-corrected chi connectivity index (χ1v) is 8.76. The summed E-state index contributed by atoms with van der Waals surface area (Å²) in [7, 11) is 0. The fourth-order valence-corrected chi connectivity index (χ4v) is 3.76. The van der Waals surface area contributed by atoms with Gasteiger partial charge >= 0.3 is 5.97 Å². The van der Waals surface area contributed by atoms with Crippen LogP contribution < -0.4 is 10.7 Å². The number of aromatic nitrogens is 3. The van der Waals surface area contributed by atoms with E-state index >= 15 is 0 Å². The van der Waals surface area contributed by atoms with Crippen LogP contribution in [0.25, 0.3) is 5.65 Å². The summed E-state index contributed by atoms with van der Waals surface area (Å²) in [5.74, 6) is -0.231. The molecule has 2 aromatic rings. The van der Waals surface area contributed by atoms with Crippen LogP contribution in [0.15, 0.2) is 22.2 Å². The molecule has 2 aromatic heterocycles. The number of nitrogens with one attached hydrogen (secondary N) is 2. The summed E-state index contributed by atoms with van der Waals surface area (Å²) in [6, 6.07) is 1.40. The van der Waals surface area contributed by atoms with Crippen molar-refractivity contribution in [3.05, 3.63) is 28.2 Å². The molecule has 0 unspecified atom stereocenters. The number of fused-ring (bicyclic) bond motifs is 1. The Labute approximate surface area is 141 Å². The van der Waals surface area contributed by atoms with Gasteiger partial charge in [-0.05, 0) is 18.1 Å². The number of thioether (sulfide) groups is 1. The van der Waals surface area contributed by atoms with Crippen molar-refractivity contribution >= 4 is 29.3 Å². The van der Waals surface area contributed by atoms with Crippen LogP contribution in [0.5, 0.6) is 0 Å². The molecule has 0 radical (unpaired) electrons. The summed E-state index contributed by atoms with van der Waals surface area (Å²) in [6.45, 7) is -0.549. The van der Waals surface area contributed by atoms with Crippen LogP contribution in [-0.4, -0.2) is 43.9 Å². The highest BCUT2D eigenvalue weighted by molar-refractivity contribution is 7.99. The van der Waals surface area contributed by atoms with Crippen LogP contribution in [0.3, 0.4) is 0 Å². The van der Waals surface area contributed by atoms with Gasteiger partial charge in [0, 0.05) is 6.07 Å². The number of carboxylic acid groups (broad SMARTS) is 1. The molecule has 3 rings (SSSR count). The molecule has 8 nitrogen and oxygen atoms in total. The zero-order valence-corrected chi connectivity index (χ0v) is 13.8. The maximum absolute atomic E-state index is 12.3. The molecule has 0 spiro atoms. The third kappa shape index (κ3) is 3.45. The average molecular weight is 350 g/mol. The lowest BCUT2D eigenvalue weighted by Crippen LogP contribution is -2.33. The lowest BCUT2D eigenvalue weighted by molar-refractivity contribution is -0.135. The second kappa shape index (κ2) is 7.08. The minimum atomic E-state index is -1.18. The van der Waals surface area contributed by atoms with Crippen molar-refractivity contribution in [1.82, 2.24) is 19.9 Å². The Hall–Kier alpha value is -2.29. The maximum Gasteiger partial charge on any atom is 0.322 e. The topological polar surface area (TPSA) is 117 Å². The van der Waals surface area contributed by atoms with Crippen LogP contribution in [0.4, 0.5) is 0 Å². The largest absolute Gasteiger partial charge is 0.480 e. The summed E-state index contributed by atoms with van der Waals surface area (Å²) >= 11 is 1.55. The monoisotopic (exact) mass is 350 g/mol. The number of rotatable bonds is 7. The molecule has 3 N–H and O–H groups in total. The standard InChI is InChI=1S/C15H18N4O4S/c20-10-6-11(24-5-4-9-2-1-3-9)19-14(17-8-18-19)13(10)15(23)16-7-12(21)22/h6,8-9H,1-5,7H2,(H,16,23)(H,17,18)(H,21,22). The molecule has 2 heterocycles. The Morgan fingerprint density at radius 2 is 2.25 bits per heavy atom. The van der Waals surface area contributed by atoms with E-state index in [1.54, 1.807) is 16.3 Å². The number of hydrogen-bond acceptors (Lipinski definition) is 5. The molecule has 0 saturated heterocycles. The van der Waals surface area contributed by atoms with Crippen molar-refractivity contribution in [3.8, 4) is 0 Å². The number of nitrogens with zero attached hydrogens (tertiary/aromatic N) is 2. The lowest BCUT2D eigenvalue weighted by atomic mass is 9.84. The Morgan fingerprint density at radius 3 is 2.92 bits per heavy atom. The SMILES string of the molecule is O=C(O)CNC(=O)c1c(=O)cc(SCCC2CCC2)n2[nH]cnc12. The first-order valence-electron chi connectivity index (χ1n) is 7.78. The molecule has 1 fully saturated rings. The summed E-state index contributed by atoms with van der Waals surface area (Å²) in [5.41, 5.74) is -0.409. The maximum atomic E-state index is 12.3. The fraction of sp³-hybridized carbons (Fsp3) is 0.467. The van der Waals surface area contributed by atoms with Gasteiger partial charge in [0.2, 0.25) is 0 Å². The van der Waals surface area contributed by atoms with Crippen LogP contribution in [0, 0.1) is 5.92 Å². The number of aromatic amines is 1. The number of aliphatic carboxylic acids is 1. The smallest absolute Gasteiger partial charge is 0.322 e. The number of carbonyl (C=O) groups excluding carboxylic acids is 1. The summed E-state index contributed by atoms with van der Waals surface area (Å²) < 4.78 is 1.59. The number of hydrogen-bond donors (Lipinski definition) is 3. The molecule has 24 heavy (non-hydrogen) atoms. The third-order valence-corrected chi connectivity index (χ3v) is 5.19. The molecule has 1 aliphatic rings. The minimum Gasteiger partial charge on any atom is -0.480 e. The van der Waals surface area contributed by atoms with E-state index in [4.69, 9.17) is 5.11 Å². The fourth-order valence-electron chi connectivity index (χ4n) is 2.65. The molecule has 1 saturated carbocycles. The number of pyridine rings is 1. The van der Waals surface area contributed by atoms with Crippen molar-refractivity contribution in [2.45, 2.75) is 30.7 Å². The average Bonchev–Trinajstić information content (AvgIpc) is 2.96. The van der Waals surface area contributed by atoms with Gasteiger partial charge in [-0.15, -0.1) is 11.8 Å². The van der Waals surface area contributed by atoms with Gasteiger partial charge in [0.25, 0.3) is 5.91 Å². The zero-order chi connectivity index (χ0) is 17.1. The van der Waals surface area contributed by atoms with E-state index in [1.165, 1.54) is 31.7 Å². The van der Waals surface area contributed by atoms with Crippen molar-refractivity contribution in [3.63, 3.8) is 0 Å². The van der Waals surface area contributed by atoms with Gasteiger partial charge in [-0.2, -0.15) is 0 Å². The highest BCUT2D eigenvalue weighted by Crippen LogP contribution is 2.31. The highest BCUT2D eigenvalue weighted by Gasteiger charge is 2.21. The molecule has 0 bridgehead atoms. The molecular formula is C15H18N4O4S. The minimum absolute atomic E-state index is 0.152. The molecule has 9 heteroatoms. The number of carbonyl (C=O) groups is 2. The second-order valence-electron chi connectivity index (χ2n) is 5.78. The van der Waals surface area contributed by atoms with Crippen LogP contribution >= 0.6 is 11.8 Å². The molecule has 0 aliphatic heterocycles. The van der Waals surface area contributed by atoms with E-state index in [1.807, 2.05) is 0 Å². The first-order chi connectivity index (χ1) is 11.6. The third-order valence-electron chi connectivity index (χ3n) is 4.16. The van der Waals surface area contributed by atoms with Gasteiger partial charge < -0.3 is 10.4 Å². The lowest BCUT2D eigenvalue weighted by Gasteiger charge is -2.24. The van der Waals surface area contributed by atoms with Gasteiger partial charge in [-0.3, -0.25) is 19.5 Å². The molecular weight excluding hydrogens is 332 g/mol.